The van der Waals surface area contributed by atoms with Gasteiger partial charge in [-0.15, -0.1) is 0 Å². The minimum atomic E-state index is -3.60. The molecule has 0 aliphatic heterocycles. The molecule has 0 amide bonds. The van der Waals surface area contributed by atoms with Crippen molar-refractivity contribution in [3.8, 4) is 5.75 Å². The van der Waals surface area contributed by atoms with Gasteiger partial charge in [0.1, 0.15) is 10.6 Å². The number of benzene rings is 2. The molecule has 2 aromatic carbocycles. The number of methoxy groups -OCH3 is 1. The van der Waals surface area contributed by atoms with Crippen LogP contribution in [0.4, 0.5) is 0 Å². The third-order valence-corrected chi connectivity index (χ3v) is 6.04. The van der Waals surface area contributed by atoms with Crippen LogP contribution in [0.2, 0.25) is 0 Å². The number of ether oxygens (including phenoxy) is 1. The van der Waals surface area contributed by atoms with Crippen molar-refractivity contribution in [1.82, 2.24) is 4.98 Å². The molecule has 24 heavy (non-hydrogen) atoms. The van der Waals surface area contributed by atoms with Crippen LogP contribution in [-0.4, -0.2) is 20.5 Å². The summed E-state index contributed by atoms with van der Waals surface area (Å²) in [5.41, 5.74) is 2.50. The largest absolute Gasteiger partial charge is 0.495 e. The summed E-state index contributed by atoms with van der Waals surface area (Å²) in [6, 6.07) is 12.5. The third-order valence-electron chi connectivity index (χ3n) is 4.14. The van der Waals surface area contributed by atoms with Crippen molar-refractivity contribution in [3.05, 3.63) is 53.7 Å². The van der Waals surface area contributed by atoms with Crippen LogP contribution in [0.5, 0.6) is 5.75 Å². The number of aromatic nitrogens is 1. The smallest absolute Gasteiger partial charge is 0.208 e. The standard InChI is InChI=1S/C19H21NO3S/c1-4-6-16-19(15-7-5-8-17(23-3)18(15)20-16)24(21,22)14-11-9-13(2)10-12-14/h5,7-12,20H,4,6H2,1-3H3. The van der Waals surface area contributed by atoms with Crippen LogP contribution in [-0.2, 0) is 16.3 Å². The lowest BCUT2D eigenvalue weighted by atomic mass is 10.2. The maximum atomic E-state index is 13.3. The number of fused-ring (bicyclic) bond motifs is 1. The van der Waals surface area contributed by atoms with Crippen LogP contribution in [0, 0.1) is 6.92 Å². The number of H-pyrrole nitrogens is 1. The first kappa shape index (κ1) is 16.6. The molecule has 0 spiro atoms. The Balaban J connectivity index is 2.31. The molecule has 0 atom stereocenters. The number of para-hydroxylation sites is 1. The van der Waals surface area contributed by atoms with Crippen molar-refractivity contribution in [3.63, 3.8) is 0 Å². The summed E-state index contributed by atoms with van der Waals surface area (Å²) in [5, 5.41) is 0.679. The molecule has 0 radical (unpaired) electrons. The number of hydrogen-bond acceptors (Lipinski definition) is 3. The zero-order valence-corrected chi connectivity index (χ0v) is 14.9. The maximum Gasteiger partial charge on any atom is 0.208 e. The van der Waals surface area contributed by atoms with Crippen molar-refractivity contribution in [2.45, 2.75) is 36.5 Å². The molecule has 1 aromatic heterocycles. The molecule has 5 heteroatoms. The predicted octanol–water partition coefficient (Wildman–Crippen LogP) is 4.27. The summed E-state index contributed by atoms with van der Waals surface area (Å²) in [5.74, 6) is 0.648. The van der Waals surface area contributed by atoms with E-state index in [2.05, 4.69) is 4.98 Å². The van der Waals surface area contributed by atoms with E-state index in [-0.39, 0.29) is 0 Å². The summed E-state index contributed by atoms with van der Waals surface area (Å²) in [4.78, 5) is 3.94. The van der Waals surface area contributed by atoms with Crippen LogP contribution in [0.25, 0.3) is 10.9 Å². The molecule has 3 aromatic rings. The van der Waals surface area contributed by atoms with Gasteiger partial charge >= 0.3 is 0 Å². The molecule has 1 N–H and O–H groups in total. The topological polar surface area (TPSA) is 59.2 Å². The normalized spacial score (nSPS) is 11.8. The van der Waals surface area contributed by atoms with E-state index in [1.807, 2.05) is 44.2 Å². The first-order valence-electron chi connectivity index (χ1n) is 7.98. The highest BCUT2D eigenvalue weighted by Gasteiger charge is 2.26. The van der Waals surface area contributed by atoms with Gasteiger partial charge in [-0.05, 0) is 31.5 Å². The highest BCUT2D eigenvalue weighted by atomic mass is 32.2. The van der Waals surface area contributed by atoms with Crippen molar-refractivity contribution in [2.75, 3.05) is 7.11 Å². The molecule has 0 saturated carbocycles. The molecule has 0 fully saturated rings. The number of rotatable bonds is 5. The van der Waals surface area contributed by atoms with Gasteiger partial charge in [-0.25, -0.2) is 8.42 Å². The monoisotopic (exact) mass is 343 g/mol. The minimum Gasteiger partial charge on any atom is -0.495 e. The summed E-state index contributed by atoms with van der Waals surface area (Å²) >= 11 is 0. The molecular weight excluding hydrogens is 322 g/mol. The second-order valence-electron chi connectivity index (χ2n) is 5.88. The zero-order valence-electron chi connectivity index (χ0n) is 14.1. The average Bonchev–Trinajstić information content (AvgIpc) is 2.94. The van der Waals surface area contributed by atoms with Gasteiger partial charge in [-0.3, -0.25) is 0 Å². The summed E-state index contributed by atoms with van der Waals surface area (Å²) < 4.78 is 31.9. The molecular formula is C19H21NO3S. The first-order valence-corrected chi connectivity index (χ1v) is 9.46. The van der Waals surface area contributed by atoms with Crippen LogP contribution in [0.15, 0.2) is 52.3 Å². The maximum absolute atomic E-state index is 13.3. The Morgan fingerprint density at radius 1 is 1.08 bits per heavy atom. The van der Waals surface area contributed by atoms with Gasteiger partial charge in [0.2, 0.25) is 9.84 Å². The van der Waals surface area contributed by atoms with Gasteiger partial charge in [-0.2, -0.15) is 0 Å². The van der Waals surface area contributed by atoms with E-state index < -0.39 is 9.84 Å². The number of nitrogens with one attached hydrogen (secondary N) is 1. The lowest BCUT2D eigenvalue weighted by molar-refractivity contribution is 0.419. The van der Waals surface area contributed by atoms with Gasteiger partial charge in [0.15, 0.2) is 0 Å². The molecule has 0 aliphatic rings. The molecule has 4 nitrogen and oxygen atoms in total. The fourth-order valence-corrected chi connectivity index (χ4v) is 4.63. The van der Waals surface area contributed by atoms with Crippen molar-refractivity contribution < 1.29 is 13.2 Å². The Morgan fingerprint density at radius 2 is 1.79 bits per heavy atom. The Labute approximate surface area is 142 Å². The molecule has 0 unspecified atom stereocenters. The van der Waals surface area contributed by atoms with Crippen LogP contribution >= 0.6 is 0 Å². The SMILES string of the molecule is CCCc1[nH]c2c(OC)cccc2c1S(=O)(=O)c1ccc(C)cc1. The van der Waals surface area contributed by atoms with E-state index in [0.717, 1.165) is 23.2 Å². The number of aryl methyl sites for hydroxylation is 2. The lowest BCUT2D eigenvalue weighted by Gasteiger charge is -2.07. The van der Waals surface area contributed by atoms with E-state index in [4.69, 9.17) is 4.74 Å². The Hall–Kier alpha value is -2.27. The predicted molar refractivity (Wildman–Crippen MR) is 95.5 cm³/mol. The number of aromatic amines is 1. The van der Waals surface area contributed by atoms with Gasteiger partial charge in [0.05, 0.1) is 17.5 Å². The fourth-order valence-electron chi connectivity index (χ4n) is 2.96. The first-order chi connectivity index (χ1) is 11.5. The van der Waals surface area contributed by atoms with Crippen LogP contribution in [0.3, 0.4) is 0 Å². The Kier molecular flexibility index (Phi) is 4.37. The van der Waals surface area contributed by atoms with Crippen LogP contribution in [0.1, 0.15) is 24.6 Å². The lowest BCUT2D eigenvalue weighted by Crippen LogP contribution is -2.04. The molecule has 0 aliphatic carbocycles. The minimum absolute atomic E-state index is 0.314. The summed E-state index contributed by atoms with van der Waals surface area (Å²) in [6.45, 7) is 3.97. The third kappa shape index (κ3) is 2.69. The van der Waals surface area contributed by atoms with E-state index in [1.54, 1.807) is 19.2 Å². The van der Waals surface area contributed by atoms with Crippen molar-refractivity contribution in [2.24, 2.45) is 0 Å². The number of sulfone groups is 1. The van der Waals surface area contributed by atoms with Crippen LogP contribution < -0.4 is 4.74 Å². The second-order valence-corrected chi connectivity index (χ2v) is 7.77. The highest BCUT2D eigenvalue weighted by molar-refractivity contribution is 7.91. The van der Waals surface area contributed by atoms with Gasteiger partial charge in [-0.1, -0.05) is 43.2 Å². The quantitative estimate of drug-likeness (QED) is 0.752. The molecule has 126 valence electrons. The zero-order chi connectivity index (χ0) is 17.3. The molecule has 0 saturated heterocycles. The second kappa shape index (κ2) is 6.32. The van der Waals surface area contributed by atoms with Crippen molar-refractivity contribution in [1.29, 1.82) is 0 Å². The highest BCUT2D eigenvalue weighted by Crippen LogP contribution is 2.36. The van der Waals surface area contributed by atoms with E-state index in [9.17, 15) is 8.42 Å². The summed E-state index contributed by atoms with van der Waals surface area (Å²) in [6.07, 6.45) is 1.52. The Bertz CT molecular complexity index is 970. The van der Waals surface area contributed by atoms with Gasteiger partial charge in [0, 0.05) is 11.1 Å². The van der Waals surface area contributed by atoms with E-state index in [0.29, 0.717) is 27.3 Å². The fraction of sp³-hybridized carbons (Fsp3) is 0.263. The molecule has 1 heterocycles. The van der Waals surface area contributed by atoms with Gasteiger partial charge in [0.25, 0.3) is 0 Å². The van der Waals surface area contributed by atoms with Crippen molar-refractivity contribution >= 4 is 20.7 Å². The van der Waals surface area contributed by atoms with E-state index >= 15 is 0 Å². The molecule has 3 rings (SSSR count). The van der Waals surface area contributed by atoms with E-state index in [1.165, 1.54) is 0 Å². The summed E-state index contributed by atoms with van der Waals surface area (Å²) in [7, 11) is -2.02. The average molecular weight is 343 g/mol. The van der Waals surface area contributed by atoms with Gasteiger partial charge < -0.3 is 9.72 Å². The Morgan fingerprint density at radius 3 is 2.42 bits per heavy atom. The molecule has 0 bridgehead atoms. The number of hydrogen-bond donors (Lipinski definition) is 1.